The molecule has 0 aliphatic rings. The highest BCUT2D eigenvalue weighted by Crippen LogP contribution is 2.09. The van der Waals surface area contributed by atoms with Crippen LogP contribution in [0.2, 0.25) is 0 Å². The lowest BCUT2D eigenvalue weighted by atomic mass is 10.1. The van der Waals surface area contributed by atoms with Crippen LogP contribution in [0.3, 0.4) is 0 Å². The second-order valence-corrected chi connectivity index (χ2v) is 4.09. The first-order valence-electron chi connectivity index (χ1n) is 5.94. The van der Waals surface area contributed by atoms with Crippen molar-refractivity contribution >= 4 is 18.5 Å². The molecule has 96 valence electrons. The Morgan fingerprint density at radius 2 is 1.94 bits per heavy atom. The van der Waals surface area contributed by atoms with Gasteiger partial charge < -0.3 is 9.69 Å². The van der Waals surface area contributed by atoms with Crippen molar-refractivity contribution in [2.45, 2.75) is 19.3 Å². The van der Waals surface area contributed by atoms with Crippen LogP contribution >= 0.6 is 0 Å². The SMILES string of the molecule is CN(CCCCC=O)C(=O)c1ccccc1C=O. The van der Waals surface area contributed by atoms with Gasteiger partial charge in [0.05, 0.1) is 5.56 Å². The Morgan fingerprint density at radius 3 is 2.61 bits per heavy atom. The maximum Gasteiger partial charge on any atom is 0.254 e. The van der Waals surface area contributed by atoms with Crippen molar-refractivity contribution in [1.82, 2.24) is 4.90 Å². The van der Waals surface area contributed by atoms with Crippen molar-refractivity contribution in [2.24, 2.45) is 0 Å². The number of carbonyl (C=O) groups is 3. The predicted molar refractivity (Wildman–Crippen MR) is 68.7 cm³/mol. The van der Waals surface area contributed by atoms with Gasteiger partial charge in [-0.05, 0) is 18.9 Å². The third kappa shape index (κ3) is 3.80. The fraction of sp³-hybridized carbons (Fsp3) is 0.357. The maximum absolute atomic E-state index is 12.1. The molecule has 1 aromatic carbocycles. The Balaban J connectivity index is 2.62. The van der Waals surface area contributed by atoms with E-state index in [1.807, 2.05) is 0 Å². The van der Waals surface area contributed by atoms with Gasteiger partial charge in [0.25, 0.3) is 5.91 Å². The van der Waals surface area contributed by atoms with E-state index in [0.29, 0.717) is 30.4 Å². The minimum atomic E-state index is -0.163. The number of carbonyl (C=O) groups excluding carboxylic acids is 3. The zero-order chi connectivity index (χ0) is 13.4. The lowest BCUT2D eigenvalue weighted by Crippen LogP contribution is -2.28. The molecule has 0 aliphatic carbocycles. The summed E-state index contributed by atoms with van der Waals surface area (Å²) in [4.78, 5) is 34.7. The average molecular weight is 247 g/mol. The van der Waals surface area contributed by atoms with Crippen LogP contribution in [0, 0.1) is 0 Å². The molecule has 18 heavy (non-hydrogen) atoms. The highest BCUT2D eigenvalue weighted by atomic mass is 16.2. The van der Waals surface area contributed by atoms with Gasteiger partial charge in [-0.15, -0.1) is 0 Å². The third-order valence-electron chi connectivity index (χ3n) is 2.73. The van der Waals surface area contributed by atoms with E-state index in [2.05, 4.69) is 0 Å². The summed E-state index contributed by atoms with van der Waals surface area (Å²) < 4.78 is 0. The predicted octanol–water partition coefficient (Wildman–Crippen LogP) is 1.94. The molecule has 0 bridgehead atoms. The van der Waals surface area contributed by atoms with Gasteiger partial charge >= 0.3 is 0 Å². The first-order valence-corrected chi connectivity index (χ1v) is 5.94. The molecule has 4 nitrogen and oxygen atoms in total. The number of nitrogens with zero attached hydrogens (tertiary/aromatic N) is 1. The fourth-order valence-corrected chi connectivity index (χ4v) is 1.68. The van der Waals surface area contributed by atoms with Crippen molar-refractivity contribution < 1.29 is 14.4 Å². The van der Waals surface area contributed by atoms with Gasteiger partial charge in [0.15, 0.2) is 6.29 Å². The molecule has 1 rings (SSSR count). The lowest BCUT2D eigenvalue weighted by molar-refractivity contribution is -0.107. The summed E-state index contributed by atoms with van der Waals surface area (Å²) in [5.74, 6) is -0.163. The van der Waals surface area contributed by atoms with E-state index in [-0.39, 0.29) is 5.91 Å². The number of aldehydes is 2. The second kappa shape index (κ2) is 7.37. The zero-order valence-electron chi connectivity index (χ0n) is 10.5. The number of amides is 1. The molecule has 1 amide bonds. The first kappa shape index (κ1) is 14.1. The largest absolute Gasteiger partial charge is 0.342 e. The summed E-state index contributed by atoms with van der Waals surface area (Å²) in [6, 6.07) is 6.74. The first-order chi connectivity index (χ1) is 8.70. The van der Waals surface area contributed by atoms with E-state index in [1.165, 1.54) is 0 Å². The van der Waals surface area contributed by atoms with Gasteiger partial charge in [-0.3, -0.25) is 9.59 Å². The van der Waals surface area contributed by atoms with Crippen molar-refractivity contribution in [2.75, 3.05) is 13.6 Å². The molecule has 0 N–H and O–H groups in total. The van der Waals surface area contributed by atoms with Gasteiger partial charge in [0.2, 0.25) is 0 Å². The van der Waals surface area contributed by atoms with Crippen LogP contribution in [0.25, 0.3) is 0 Å². The minimum Gasteiger partial charge on any atom is -0.342 e. The molecule has 0 saturated heterocycles. The average Bonchev–Trinajstić information content (AvgIpc) is 2.42. The zero-order valence-corrected chi connectivity index (χ0v) is 10.5. The van der Waals surface area contributed by atoms with Crippen molar-refractivity contribution in [3.63, 3.8) is 0 Å². The minimum absolute atomic E-state index is 0.163. The van der Waals surface area contributed by atoms with E-state index in [9.17, 15) is 14.4 Å². The molecule has 0 saturated carbocycles. The molecule has 0 heterocycles. The number of hydrogen-bond donors (Lipinski definition) is 0. The van der Waals surface area contributed by atoms with Crippen LogP contribution in [0.15, 0.2) is 24.3 Å². The molecule has 4 heteroatoms. The number of rotatable bonds is 7. The Hall–Kier alpha value is -1.97. The molecule has 0 aliphatic heterocycles. The Bertz CT molecular complexity index is 429. The maximum atomic E-state index is 12.1. The Labute approximate surface area is 107 Å². The van der Waals surface area contributed by atoms with Gasteiger partial charge in [0, 0.05) is 25.6 Å². The summed E-state index contributed by atoms with van der Waals surface area (Å²) in [6.45, 7) is 0.583. The van der Waals surface area contributed by atoms with Crippen LogP contribution in [0.4, 0.5) is 0 Å². The summed E-state index contributed by atoms with van der Waals surface area (Å²) in [5, 5.41) is 0. The molecule has 0 fully saturated rings. The second-order valence-electron chi connectivity index (χ2n) is 4.09. The quantitative estimate of drug-likeness (QED) is 0.546. The lowest BCUT2D eigenvalue weighted by Gasteiger charge is -2.17. The molecule has 0 radical (unpaired) electrons. The van der Waals surface area contributed by atoms with E-state index < -0.39 is 0 Å². The number of unbranched alkanes of at least 4 members (excludes halogenated alkanes) is 2. The van der Waals surface area contributed by atoms with Crippen LogP contribution < -0.4 is 0 Å². The normalized spacial score (nSPS) is 9.83. The standard InChI is InChI=1S/C14H17NO3/c1-15(9-5-2-6-10-16)14(18)13-8-4-3-7-12(13)11-17/h3-4,7-8,10-11H,2,5-6,9H2,1H3. The van der Waals surface area contributed by atoms with Crippen molar-refractivity contribution in [3.8, 4) is 0 Å². The molecule has 0 unspecified atom stereocenters. The molecule has 0 aromatic heterocycles. The summed E-state index contributed by atoms with van der Waals surface area (Å²) in [6.07, 6.45) is 3.64. The summed E-state index contributed by atoms with van der Waals surface area (Å²) in [5.41, 5.74) is 0.827. The van der Waals surface area contributed by atoms with Gasteiger partial charge in [-0.1, -0.05) is 18.2 Å². The highest BCUT2D eigenvalue weighted by Gasteiger charge is 2.14. The molecular weight excluding hydrogens is 230 g/mol. The van der Waals surface area contributed by atoms with Gasteiger partial charge in [-0.2, -0.15) is 0 Å². The topological polar surface area (TPSA) is 54.5 Å². The van der Waals surface area contributed by atoms with E-state index >= 15 is 0 Å². The number of benzene rings is 1. The molecular formula is C14H17NO3. The fourth-order valence-electron chi connectivity index (χ4n) is 1.68. The molecule has 1 aromatic rings. The highest BCUT2D eigenvalue weighted by molar-refractivity contribution is 6.01. The Morgan fingerprint density at radius 1 is 1.22 bits per heavy atom. The number of hydrogen-bond acceptors (Lipinski definition) is 3. The van der Waals surface area contributed by atoms with Gasteiger partial charge in [0.1, 0.15) is 6.29 Å². The van der Waals surface area contributed by atoms with Crippen LogP contribution in [-0.2, 0) is 4.79 Å². The van der Waals surface area contributed by atoms with Crippen LogP contribution in [-0.4, -0.2) is 37.0 Å². The molecule has 0 atom stereocenters. The third-order valence-corrected chi connectivity index (χ3v) is 2.73. The van der Waals surface area contributed by atoms with Crippen molar-refractivity contribution in [3.05, 3.63) is 35.4 Å². The van der Waals surface area contributed by atoms with E-state index in [1.54, 1.807) is 36.2 Å². The van der Waals surface area contributed by atoms with E-state index in [0.717, 1.165) is 19.1 Å². The van der Waals surface area contributed by atoms with Crippen LogP contribution in [0.5, 0.6) is 0 Å². The summed E-state index contributed by atoms with van der Waals surface area (Å²) >= 11 is 0. The van der Waals surface area contributed by atoms with Crippen LogP contribution in [0.1, 0.15) is 40.0 Å². The summed E-state index contributed by atoms with van der Waals surface area (Å²) in [7, 11) is 1.70. The van der Waals surface area contributed by atoms with Crippen molar-refractivity contribution in [1.29, 1.82) is 0 Å². The van der Waals surface area contributed by atoms with Gasteiger partial charge in [-0.25, -0.2) is 0 Å². The monoisotopic (exact) mass is 247 g/mol. The Kier molecular flexibility index (Phi) is 5.77. The smallest absolute Gasteiger partial charge is 0.254 e. The van der Waals surface area contributed by atoms with E-state index in [4.69, 9.17) is 0 Å². The molecule has 0 spiro atoms.